The van der Waals surface area contributed by atoms with Crippen molar-refractivity contribution in [1.82, 2.24) is 10.4 Å². The second kappa shape index (κ2) is 7.93. The van der Waals surface area contributed by atoms with Crippen molar-refractivity contribution in [3.63, 3.8) is 0 Å². The van der Waals surface area contributed by atoms with E-state index in [1.807, 2.05) is 24.3 Å². The number of hydrogen-bond donors (Lipinski definition) is 2. The SMILES string of the molecule is CCN(CC)c1ccc(/C=N/NC(=O)c2ccc(N)nc2)cc1. The highest BCUT2D eigenvalue weighted by atomic mass is 16.2. The maximum Gasteiger partial charge on any atom is 0.272 e. The summed E-state index contributed by atoms with van der Waals surface area (Å²) in [5.74, 6) is 0.0480. The van der Waals surface area contributed by atoms with Crippen LogP contribution in [0.15, 0.2) is 47.7 Å². The highest BCUT2D eigenvalue weighted by Gasteiger charge is 2.04. The quantitative estimate of drug-likeness (QED) is 0.633. The standard InChI is InChI=1S/C17H21N5O/c1-3-22(4-2)15-8-5-13(6-9-15)11-20-21-17(23)14-7-10-16(18)19-12-14/h5-12H,3-4H2,1-2H3,(H2,18,19)(H,21,23)/b20-11+. The molecule has 0 saturated carbocycles. The molecule has 0 bridgehead atoms. The summed E-state index contributed by atoms with van der Waals surface area (Å²) in [5, 5.41) is 3.96. The van der Waals surface area contributed by atoms with Gasteiger partial charge in [0.2, 0.25) is 0 Å². The van der Waals surface area contributed by atoms with E-state index in [4.69, 9.17) is 5.73 Å². The zero-order valence-corrected chi connectivity index (χ0v) is 13.4. The Balaban J connectivity index is 1.95. The van der Waals surface area contributed by atoms with Crippen molar-refractivity contribution in [2.45, 2.75) is 13.8 Å². The van der Waals surface area contributed by atoms with Crippen molar-refractivity contribution in [2.75, 3.05) is 23.7 Å². The Morgan fingerprint density at radius 2 is 1.91 bits per heavy atom. The molecule has 2 rings (SSSR count). The first-order valence-electron chi connectivity index (χ1n) is 7.54. The van der Waals surface area contributed by atoms with Crippen molar-refractivity contribution < 1.29 is 4.79 Å². The van der Waals surface area contributed by atoms with E-state index in [1.165, 1.54) is 11.9 Å². The number of aromatic nitrogens is 1. The molecule has 1 amide bonds. The van der Waals surface area contributed by atoms with Crippen LogP contribution in [-0.4, -0.2) is 30.2 Å². The lowest BCUT2D eigenvalue weighted by Crippen LogP contribution is -2.21. The maximum atomic E-state index is 11.9. The number of nitrogens with two attached hydrogens (primary N) is 1. The molecule has 23 heavy (non-hydrogen) atoms. The van der Waals surface area contributed by atoms with Crippen molar-refractivity contribution in [3.05, 3.63) is 53.7 Å². The van der Waals surface area contributed by atoms with Crippen LogP contribution < -0.4 is 16.1 Å². The molecule has 0 aliphatic rings. The van der Waals surface area contributed by atoms with E-state index in [9.17, 15) is 4.79 Å². The first-order chi connectivity index (χ1) is 11.1. The van der Waals surface area contributed by atoms with Crippen molar-refractivity contribution in [2.24, 2.45) is 5.10 Å². The number of nitrogens with zero attached hydrogens (tertiary/aromatic N) is 3. The van der Waals surface area contributed by atoms with Gasteiger partial charge in [0.25, 0.3) is 5.91 Å². The van der Waals surface area contributed by atoms with E-state index in [2.05, 4.69) is 34.3 Å². The van der Waals surface area contributed by atoms with Crippen molar-refractivity contribution in [3.8, 4) is 0 Å². The summed E-state index contributed by atoms with van der Waals surface area (Å²) in [6, 6.07) is 11.2. The number of rotatable bonds is 6. The number of amides is 1. The van der Waals surface area contributed by atoms with Crippen LogP contribution >= 0.6 is 0 Å². The van der Waals surface area contributed by atoms with E-state index in [1.54, 1.807) is 18.3 Å². The third-order valence-corrected chi connectivity index (χ3v) is 3.45. The van der Waals surface area contributed by atoms with Gasteiger partial charge in [-0.15, -0.1) is 0 Å². The Kier molecular flexibility index (Phi) is 5.68. The van der Waals surface area contributed by atoms with Gasteiger partial charge in [-0.1, -0.05) is 12.1 Å². The van der Waals surface area contributed by atoms with E-state index < -0.39 is 0 Å². The fourth-order valence-electron chi connectivity index (χ4n) is 2.13. The van der Waals surface area contributed by atoms with Gasteiger partial charge in [-0.2, -0.15) is 5.10 Å². The number of carbonyl (C=O) groups is 1. The molecule has 1 aromatic heterocycles. The molecule has 3 N–H and O–H groups in total. The highest BCUT2D eigenvalue weighted by molar-refractivity contribution is 5.94. The molecule has 0 aliphatic heterocycles. The van der Waals surface area contributed by atoms with Gasteiger partial charge in [-0.25, -0.2) is 10.4 Å². The highest BCUT2D eigenvalue weighted by Crippen LogP contribution is 2.13. The molecule has 0 radical (unpaired) electrons. The monoisotopic (exact) mass is 311 g/mol. The van der Waals surface area contributed by atoms with Gasteiger partial charge in [0.1, 0.15) is 5.82 Å². The van der Waals surface area contributed by atoms with Gasteiger partial charge in [-0.3, -0.25) is 4.79 Å². The van der Waals surface area contributed by atoms with Gasteiger partial charge in [0, 0.05) is 25.0 Å². The Labute approximate surface area is 136 Å². The fraction of sp³-hybridized carbons (Fsp3) is 0.235. The molecular weight excluding hydrogens is 290 g/mol. The van der Waals surface area contributed by atoms with Gasteiger partial charge >= 0.3 is 0 Å². The first-order valence-corrected chi connectivity index (χ1v) is 7.54. The number of benzene rings is 1. The van der Waals surface area contributed by atoms with Crippen LogP contribution in [0.25, 0.3) is 0 Å². The lowest BCUT2D eigenvalue weighted by atomic mass is 10.2. The summed E-state index contributed by atoms with van der Waals surface area (Å²) < 4.78 is 0. The summed E-state index contributed by atoms with van der Waals surface area (Å²) in [5.41, 5.74) is 10.4. The van der Waals surface area contributed by atoms with E-state index >= 15 is 0 Å². The largest absolute Gasteiger partial charge is 0.384 e. The summed E-state index contributed by atoms with van der Waals surface area (Å²) in [6.07, 6.45) is 3.02. The minimum atomic E-state index is -0.325. The van der Waals surface area contributed by atoms with E-state index in [0.717, 1.165) is 18.7 Å². The first kappa shape index (κ1) is 16.5. The molecule has 0 aliphatic carbocycles. The maximum absolute atomic E-state index is 11.9. The molecule has 0 spiro atoms. The number of nitrogens with one attached hydrogen (secondary N) is 1. The molecule has 6 nitrogen and oxygen atoms in total. The van der Waals surface area contributed by atoms with Gasteiger partial charge in [0.05, 0.1) is 11.8 Å². The van der Waals surface area contributed by atoms with Crippen LogP contribution in [-0.2, 0) is 0 Å². The molecule has 0 fully saturated rings. The zero-order chi connectivity index (χ0) is 16.7. The summed E-state index contributed by atoms with van der Waals surface area (Å²) >= 11 is 0. The lowest BCUT2D eigenvalue weighted by molar-refractivity contribution is 0.0955. The average Bonchev–Trinajstić information content (AvgIpc) is 2.58. The van der Waals surface area contributed by atoms with Crippen LogP contribution in [0.4, 0.5) is 11.5 Å². The molecule has 1 heterocycles. The molecule has 0 unspecified atom stereocenters. The van der Waals surface area contributed by atoms with Gasteiger partial charge in [0.15, 0.2) is 0 Å². The Morgan fingerprint density at radius 3 is 2.48 bits per heavy atom. The lowest BCUT2D eigenvalue weighted by Gasteiger charge is -2.20. The normalized spacial score (nSPS) is 10.7. The third-order valence-electron chi connectivity index (χ3n) is 3.45. The minimum absolute atomic E-state index is 0.325. The number of hydrogen-bond acceptors (Lipinski definition) is 5. The number of carbonyl (C=O) groups excluding carboxylic acids is 1. The van der Waals surface area contributed by atoms with E-state index in [-0.39, 0.29) is 5.91 Å². The minimum Gasteiger partial charge on any atom is -0.384 e. The summed E-state index contributed by atoms with van der Waals surface area (Å²) in [6.45, 7) is 6.19. The Morgan fingerprint density at radius 1 is 1.22 bits per heavy atom. The Hall–Kier alpha value is -2.89. The van der Waals surface area contributed by atoms with Crippen LogP contribution in [0.2, 0.25) is 0 Å². The van der Waals surface area contributed by atoms with E-state index in [0.29, 0.717) is 11.4 Å². The van der Waals surface area contributed by atoms with Crippen LogP contribution in [0, 0.1) is 0 Å². The van der Waals surface area contributed by atoms with Crippen molar-refractivity contribution >= 4 is 23.6 Å². The van der Waals surface area contributed by atoms with Gasteiger partial charge in [-0.05, 0) is 43.7 Å². The molecule has 120 valence electrons. The predicted molar refractivity (Wildman–Crippen MR) is 93.7 cm³/mol. The number of anilines is 2. The third kappa shape index (κ3) is 4.54. The zero-order valence-electron chi connectivity index (χ0n) is 13.4. The molecule has 6 heteroatoms. The fourth-order valence-corrected chi connectivity index (χ4v) is 2.13. The van der Waals surface area contributed by atoms with Crippen LogP contribution in [0.1, 0.15) is 29.8 Å². The topological polar surface area (TPSA) is 83.6 Å². The predicted octanol–water partition coefficient (Wildman–Crippen LogP) is 2.27. The summed E-state index contributed by atoms with van der Waals surface area (Å²) in [4.78, 5) is 18.0. The Bertz CT molecular complexity index is 660. The molecular formula is C17H21N5O. The van der Waals surface area contributed by atoms with Gasteiger partial charge < -0.3 is 10.6 Å². The molecule has 0 atom stereocenters. The number of hydrazone groups is 1. The molecule has 0 saturated heterocycles. The summed E-state index contributed by atoms with van der Waals surface area (Å²) in [7, 11) is 0. The average molecular weight is 311 g/mol. The molecule has 2 aromatic rings. The molecule has 1 aromatic carbocycles. The second-order valence-electron chi connectivity index (χ2n) is 4.93. The van der Waals surface area contributed by atoms with Crippen molar-refractivity contribution in [1.29, 1.82) is 0 Å². The van der Waals surface area contributed by atoms with Crippen LogP contribution in [0.5, 0.6) is 0 Å². The smallest absolute Gasteiger partial charge is 0.272 e. The second-order valence-corrected chi connectivity index (χ2v) is 4.93. The number of nitrogen functional groups attached to an aromatic ring is 1. The number of pyridine rings is 1. The van der Waals surface area contributed by atoms with Crippen LogP contribution in [0.3, 0.4) is 0 Å².